The van der Waals surface area contributed by atoms with Crippen molar-refractivity contribution in [3.05, 3.63) is 49.5 Å². The lowest BCUT2D eigenvalue weighted by atomic mass is 10.1. The molecule has 1 aromatic heterocycles. The molecule has 0 bridgehead atoms. The molecular weight excluding hydrogens is 331 g/mol. The van der Waals surface area contributed by atoms with Crippen molar-refractivity contribution in [1.29, 1.82) is 5.26 Å². The minimum absolute atomic E-state index is 0.731. The highest BCUT2D eigenvalue weighted by Gasteiger charge is 2.03. The molecule has 0 atom stereocenters. The molecule has 2 aromatic rings. The number of nitrogens with zero attached hydrogens (tertiary/aromatic N) is 2. The minimum Gasteiger partial charge on any atom is -0.250 e. The summed E-state index contributed by atoms with van der Waals surface area (Å²) in [5.41, 5.74) is 1.96. The second kappa shape index (κ2) is 5.41. The zero-order valence-electron chi connectivity index (χ0n) is 8.48. The fraction of sp³-hybridized carbons (Fsp3) is 0.167. The molecule has 0 N–H and O–H groups in total. The van der Waals surface area contributed by atoms with Crippen molar-refractivity contribution >= 4 is 33.9 Å². The highest BCUT2D eigenvalue weighted by Crippen LogP contribution is 2.17. The molecule has 0 aliphatic heterocycles. The summed E-state index contributed by atoms with van der Waals surface area (Å²) in [4.78, 5) is 4.25. The number of thiazole rings is 1. The molecule has 2 nitrogen and oxygen atoms in total. The van der Waals surface area contributed by atoms with E-state index in [1.54, 1.807) is 11.3 Å². The lowest BCUT2D eigenvalue weighted by Gasteiger charge is -2.03. The summed E-state index contributed by atoms with van der Waals surface area (Å²) < 4.78 is 1.22. The summed E-state index contributed by atoms with van der Waals surface area (Å²) in [5, 5.41) is 12.0. The first-order valence-electron chi connectivity index (χ1n) is 4.86. The molecule has 0 radical (unpaired) electrons. The van der Waals surface area contributed by atoms with Crippen LogP contribution in [0.25, 0.3) is 0 Å². The molecule has 0 fully saturated rings. The summed E-state index contributed by atoms with van der Waals surface area (Å²) >= 11 is 3.99. The van der Waals surface area contributed by atoms with Crippen LogP contribution in [0.2, 0.25) is 0 Å². The van der Waals surface area contributed by atoms with Gasteiger partial charge in [0.25, 0.3) is 0 Å². The molecule has 0 unspecified atom stereocenters. The normalized spacial score (nSPS) is 10.0. The maximum atomic E-state index is 8.84. The fourth-order valence-electron chi connectivity index (χ4n) is 1.45. The van der Waals surface area contributed by atoms with Crippen molar-refractivity contribution in [2.75, 3.05) is 0 Å². The average molecular weight is 340 g/mol. The van der Waals surface area contributed by atoms with E-state index in [0.29, 0.717) is 0 Å². The number of rotatable bonds is 3. The maximum absolute atomic E-state index is 8.84. The molecule has 2 rings (SSSR count). The summed E-state index contributed by atoms with van der Waals surface area (Å²) in [6.45, 7) is 0. The Bertz CT molecular complexity index is 514. The second-order valence-corrected chi connectivity index (χ2v) is 5.49. The summed E-state index contributed by atoms with van der Waals surface area (Å²) in [6, 6.07) is 7.99. The first-order valence-corrected chi connectivity index (χ1v) is 6.82. The van der Waals surface area contributed by atoms with Gasteiger partial charge in [-0.15, -0.1) is 11.3 Å². The van der Waals surface area contributed by atoms with Gasteiger partial charge in [0, 0.05) is 21.6 Å². The first kappa shape index (κ1) is 11.6. The lowest BCUT2D eigenvalue weighted by molar-refractivity contribution is 0.938. The molecule has 0 aliphatic carbocycles. The monoisotopic (exact) mass is 340 g/mol. The highest BCUT2D eigenvalue weighted by molar-refractivity contribution is 14.1. The first-order chi connectivity index (χ1) is 7.79. The third kappa shape index (κ3) is 2.80. The van der Waals surface area contributed by atoms with Gasteiger partial charge in [-0.05, 0) is 52.8 Å². The molecule has 1 heterocycles. The van der Waals surface area contributed by atoms with E-state index in [1.807, 2.05) is 29.8 Å². The van der Waals surface area contributed by atoms with Crippen LogP contribution in [0, 0.1) is 14.9 Å². The molecule has 4 heteroatoms. The SMILES string of the molecule is N#Cc1ccc(I)c(CCc2nccs2)c1. The van der Waals surface area contributed by atoms with Gasteiger partial charge in [-0.3, -0.25) is 0 Å². The summed E-state index contributed by atoms with van der Waals surface area (Å²) in [5.74, 6) is 0. The van der Waals surface area contributed by atoms with Crippen molar-refractivity contribution < 1.29 is 0 Å². The Morgan fingerprint density at radius 3 is 2.94 bits per heavy atom. The van der Waals surface area contributed by atoms with E-state index < -0.39 is 0 Å². The smallest absolute Gasteiger partial charge is 0.0991 e. The molecular formula is C12H9IN2S. The van der Waals surface area contributed by atoms with Crippen molar-refractivity contribution in [2.24, 2.45) is 0 Å². The van der Waals surface area contributed by atoms with Crippen LogP contribution in [0.3, 0.4) is 0 Å². The van der Waals surface area contributed by atoms with E-state index in [9.17, 15) is 0 Å². The number of hydrogen-bond acceptors (Lipinski definition) is 3. The van der Waals surface area contributed by atoms with Gasteiger partial charge >= 0.3 is 0 Å². The Morgan fingerprint density at radius 1 is 1.38 bits per heavy atom. The summed E-state index contributed by atoms with van der Waals surface area (Å²) in [6.07, 6.45) is 3.72. The average Bonchev–Trinajstić information content (AvgIpc) is 2.81. The van der Waals surface area contributed by atoms with Crippen molar-refractivity contribution in [2.45, 2.75) is 12.8 Å². The Balaban J connectivity index is 2.12. The van der Waals surface area contributed by atoms with Crippen LogP contribution >= 0.6 is 33.9 Å². The fourth-order valence-corrected chi connectivity index (χ4v) is 2.68. The van der Waals surface area contributed by atoms with E-state index >= 15 is 0 Å². The van der Waals surface area contributed by atoms with Gasteiger partial charge in [0.1, 0.15) is 0 Å². The van der Waals surface area contributed by atoms with Crippen molar-refractivity contribution in [1.82, 2.24) is 4.98 Å². The Hall–Kier alpha value is -0.930. The molecule has 0 saturated carbocycles. The van der Waals surface area contributed by atoms with Gasteiger partial charge < -0.3 is 0 Å². The maximum Gasteiger partial charge on any atom is 0.0991 e. The Kier molecular flexibility index (Phi) is 3.91. The third-order valence-corrected chi connectivity index (χ3v) is 4.16. The van der Waals surface area contributed by atoms with Crippen molar-refractivity contribution in [3.63, 3.8) is 0 Å². The van der Waals surface area contributed by atoms with Gasteiger partial charge in [0.05, 0.1) is 16.6 Å². The number of halogens is 1. The van der Waals surface area contributed by atoms with Gasteiger partial charge in [0.2, 0.25) is 0 Å². The zero-order valence-corrected chi connectivity index (χ0v) is 11.5. The number of nitriles is 1. The standard InChI is InChI=1S/C12H9IN2S/c13-11-3-1-9(8-14)7-10(11)2-4-12-15-5-6-16-12/h1,3,5-7H,2,4H2. The van der Waals surface area contributed by atoms with Gasteiger partial charge in [0.15, 0.2) is 0 Å². The molecule has 16 heavy (non-hydrogen) atoms. The zero-order chi connectivity index (χ0) is 11.4. The molecule has 80 valence electrons. The Labute approximate surface area is 112 Å². The van der Waals surface area contributed by atoms with Gasteiger partial charge in [-0.1, -0.05) is 0 Å². The number of aryl methyl sites for hydroxylation is 2. The van der Waals surface area contributed by atoms with Gasteiger partial charge in [-0.2, -0.15) is 5.26 Å². The van der Waals surface area contributed by atoms with Crippen LogP contribution < -0.4 is 0 Å². The van der Waals surface area contributed by atoms with Crippen LogP contribution in [0.4, 0.5) is 0 Å². The number of hydrogen-bond donors (Lipinski definition) is 0. The number of benzene rings is 1. The minimum atomic E-state index is 0.731. The predicted octanol–water partition coefficient (Wildman–Crippen LogP) is 3.40. The molecule has 0 spiro atoms. The van der Waals surface area contributed by atoms with Crippen LogP contribution in [0.5, 0.6) is 0 Å². The molecule has 0 amide bonds. The van der Waals surface area contributed by atoms with Crippen LogP contribution in [0.1, 0.15) is 16.1 Å². The van der Waals surface area contributed by atoms with E-state index in [2.05, 4.69) is 33.6 Å². The second-order valence-electron chi connectivity index (χ2n) is 3.34. The predicted molar refractivity (Wildman–Crippen MR) is 73.4 cm³/mol. The van der Waals surface area contributed by atoms with E-state index in [4.69, 9.17) is 5.26 Å². The quantitative estimate of drug-likeness (QED) is 0.803. The molecule has 1 aromatic carbocycles. The highest BCUT2D eigenvalue weighted by atomic mass is 127. The molecule has 0 saturated heterocycles. The van der Waals surface area contributed by atoms with E-state index in [0.717, 1.165) is 23.4 Å². The van der Waals surface area contributed by atoms with Crippen LogP contribution in [-0.2, 0) is 12.8 Å². The lowest BCUT2D eigenvalue weighted by Crippen LogP contribution is -1.94. The largest absolute Gasteiger partial charge is 0.250 e. The topological polar surface area (TPSA) is 36.7 Å². The van der Waals surface area contributed by atoms with E-state index in [1.165, 1.54) is 9.13 Å². The van der Waals surface area contributed by atoms with E-state index in [-0.39, 0.29) is 0 Å². The van der Waals surface area contributed by atoms with Crippen LogP contribution in [-0.4, -0.2) is 4.98 Å². The molecule has 0 aliphatic rings. The Morgan fingerprint density at radius 2 is 2.25 bits per heavy atom. The van der Waals surface area contributed by atoms with Crippen LogP contribution in [0.15, 0.2) is 29.8 Å². The van der Waals surface area contributed by atoms with Crippen molar-refractivity contribution in [3.8, 4) is 6.07 Å². The van der Waals surface area contributed by atoms with Gasteiger partial charge in [-0.25, -0.2) is 4.98 Å². The summed E-state index contributed by atoms with van der Waals surface area (Å²) in [7, 11) is 0. The third-order valence-electron chi connectivity index (χ3n) is 2.27. The number of aromatic nitrogens is 1.